The highest BCUT2D eigenvalue weighted by Gasteiger charge is 2.07. The predicted molar refractivity (Wildman–Crippen MR) is 91.4 cm³/mol. The van der Waals surface area contributed by atoms with Crippen molar-refractivity contribution in [3.63, 3.8) is 0 Å². The smallest absolute Gasteiger partial charge is 0.170 e. The molecule has 0 unspecified atom stereocenters. The van der Waals surface area contributed by atoms with Crippen molar-refractivity contribution in [1.29, 1.82) is 0 Å². The Labute approximate surface area is 131 Å². The van der Waals surface area contributed by atoms with Gasteiger partial charge in [-0.05, 0) is 41.9 Å². The highest BCUT2D eigenvalue weighted by Crippen LogP contribution is 2.12. The molecule has 0 heterocycles. The fourth-order valence-electron chi connectivity index (χ4n) is 1.98. The SMILES string of the molecule is CCc1ccc(NC(=S)NC[C@@H](O)c2ccccc2)cc1. The Bertz CT molecular complexity index is 569. The molecule has 4 heteroatoms. The average Bonchev–Trinajstić information content (AvgIpc) is 2.54. The molecule has 0 spiro atoms. The van der Waals surface area contributed by atoms with Crippen LogP contribution < -0.4 is 10.6 Å². The number of benzene rings is 2. The summed E-state index contributed by atoms with van der Waals surface area (Å²) in [5.41, 5.74) is 3.11. The average molecular weight is 300 g/mol. The van der Waals surface area contributed by atoms with Gasteiger partial charge in [0.05, 0.1) is 6.10 Å². The Morgan fingerprint density at radius 1 is 1.10 bits per heavy atom. The van der Waals surface area contributed by atoms with Crippen LogP contribution in [0.1, 0.15) is 24.2 Å². The van der Waals surface area contributed by atoms with Gasteiger partial charge in [-0.2, -0.15) is 0 Å². The Balaban J connectivity index is 1.81. The Hall–Kier alpha value is -1.91. The van der Waals surface area contributed by atoms with Gasteiger partial charge in [0.25, 0.3) is 0 Å². The quantitative estimate of drug-likeness (QED) is 0.742. The van der Waals surface area contributed by atoms with Crippen molar-refractivity contribution in [2.75, 3.05) is 11.9 Å². The van der Waals surface area contributed by atoms with Gasteiger partial charge in [0.2, 0.25) is 0 Å². The van der Waals surface area contributed by atoms with Crippen LogP contribution in [0.2, 0.25) is 0 Å². The van der Waals surface area contributed by atoms with Crippen LogP contribution in [0.15, 0.2) is 54.6 Å². The fourth-order valence-corrected chi connectivity index (χ4v) is 2.18. The lowest BCUT2D eigenvalue weighted by molar-refractivity contribution is 0.181. The van der Waals surface area contributed by atoms with Crippen LogP contribution >= 0.6 is 12.2 Å². The molecule has 0 fully saturated rings. The monoisotopic (exact) mass is 300 g/mol. The minimum atomic E-state index is -0.576. The summed E-state index contributed by atoms with van der Waals surface area (Å²) in [5, 5.41) is 16.7. The first-order valence-corrected chi connectivity index (χ1v) is 7.46. The number of rotatable bonds is 5. The van der Waals surface area contributed by atoms with Crippen molar-refractivity contribution in [1.82, 2.24) is 5.32 Å². The highest BCUT2D eigenvalue weighted by molar-refractivity contribution is 7.80. The molecular weight excluding hydrogens is 280 g/mol. The topological polar surface area (TPSA) is 44.3 Å². The minimum absolute atomic E-state index is 0.378. The Morgan fingerprint density at radius 3 is 2.38 bits per heavy atom. The second kappa shape index (κ2) is 7.76. The van der Waals surface area contributed by atoms with E-state index in [1.54, 1.807) is 0 Å². The normalized spacial score (nSPS) is 11.7. The lowest BCUT2D eigenvalue weighted by Gasteiger charge is -2.15. The van der Waals surface area contributed by atoms with Gasteiger partial charge in [-0.3, -0.25) is 0 Å². The number of thiocarbonyl (C=S) groups is 1. The zero-order chi connectivity index (χ0) is 15.1. The van der Waals surface area contributed by atoms with E-state index < -0.39 is 6.10 Å². The van der Waals surface area contributed by atoms with Gasteiger partial charge >= 0.3 is 0 Å². The Morgan fingerprint density at radius 2 is 1.76 bits per heavy atom. The molecule has 0 saturated heterocycles. The van der Waals surface area contributed by atoms with E-state index in [1.165, 1.54) is 5.56 Å². The van der Waals surface area contributed by atoms with Gasteiger partial charge in [0.15, 0.2) is 5.11 Å². The molecular formula is C17H20N2OS. The van der Waals surface area contributed by atoms with E-state index >= 15 is 0 Å². The van der Waals surface area contributed by atoms with Gasteiger partial charge in [0, 0.05) is 12.2 Å². The van der Waals surface area contributed by atoms with Crippen LogP contribution in [-0.4, -0.2) is 16.8 Å². The maximum atomic E-state index is 10.1. The van der Waals surface area contributed by atoms with Gasteiger partial charge in [-0.1, -0.05) is 49.4 Å². The molecule has 0 bridgehead atoms. The summed E-state index contributed by atoms with van der Waals surface area (Å²) < 4.78 is 0. The number of hydrogen-bond acceptors (Lipinski definition) is 2. The summed E-state index contributed by atoms with van der Waals surface area (Å²) in [6.07, 6.45) is 0.445. The van der Waals surface area contributed by atoms with Crippen molar-refractivity contribution in [2.24, 2.45) is 0 Å². The first-order chi connectivity index (χ1) is 10.2. The second-order valence-corrected chi connectivity index (χ2v) is 5.22. The molecule has 3 N–H and O–H groups in total. The van der Waals surface area contributed by atoms with E-state index in [9.17, 15) is 5.11 Å². The van der Waals surface area contributed by atoms with Crippen LogP contribution in [-0.2, 0) is 6.42 Å². The molecule has 0 aromatic heterocycles. The molecule has 0 aliphatic heterocycles. The van der Waals surface area contributed by atoms with Crippen LogP contribution in [0.5, 0.6) is 0 Å². The Kier molecular flexibility index (Phi) is 5.72. The van der Waals surface area contributed by atoms with Crippen LogP contribution in [0.25, 0.3) is 0 Å². The number of nitrogens with one attached hydrogen (secondary N) is 2. The van der Waals surface area contributed by atoms with Gasteiger partial charge < -0.3 is 15.7 Å². The zero-order valence-corrected chi connectivity index (χ0v) is 12.9. The predicted octanol–water partition coefficient (Wildman–Crippen LogP) is 3.27. The molecule has 21 heavy (non-hydrogen) atoms. The maximum Gasteiger partial charge on any atom is 0.170 e. The summed E-state index contributed by atoms with van der Waals surface area (Å²) in [6, 6.07) is 17.7. The fraction of sp³-hybridized carbons (Fsp3) is 0.235. The van der Waals surface area contributed by atoms with E-state index in [1.807, 2.05) is 42.5 Å². The number of aliphatic hydroxyl groups excluding tert-OH is 1. The molecule has 0 radical (unpaired) electrons. The van der Waals surface area contributed by atoms with Crippen LogP contribution in [0, 0.1) is 0 Å². The third-order valence-corrected chi connectivity index (χ3v) is 3.51. The lowest BCUT2D eigenvalue weighted by Crippen LogP contribution is -2.32. The summed E-state index contributed by atoms with van der Waals surface area (Å²) in [7, 11) is 0. The van der Waals surface area contributed by atoms with Crippen molar-refractivity contribution in [3.05, 3.63) is 65.7 Å². The third-order valence-electron chi connectivity index (χ3n) is 3.26. The maximum absolute atomic E-state index is 10.1. The molecule has 3 nitrogen and oxygen atoms in total. The van der Waals surface area contributed by atoms with E-state index in [-0.39, 0.29) is 0 Å². The molecule has 1 atom stereocenters. The van der Waals surface area contributed by atoms with Crippen LogP contribution in [0.3, 0.4) is 0 Å². The number of hydrogen-bond donors (Lipinski definition) is 3. The molecule has 2 rings (SSSR count). The van der Waals surface area contributed by atoms with Crippen molar-refractivity contribution in [2.45, 2.75) is 19.4 Å². The largest absolute Gasteiger partial charge is 0.387 e. The third kappa shape index (κ3) is 4.85. The summed E-state index contributed by atoms with van der Waals surface area (Å²) in [6.45, 7) is 2.50. The number of aliphatic hydroxyl groups is 1. The molecule has 2 aromatic rings. The van der Waals surface area contributed by atoms with E-state index in [0.717, 1.165) is 17.7 Å². The molecule has 0 aliphatic rings. The second-order valence-electron chi connectivity index (χ2n) is 4.81. The standard InChI is InChI=1S/C17H20N2OS/c1-2-13-8-10-15(11-9-13)19-17(21)18-12-16(20)14-6-4-3-5-7-14/h3-11,16,20H,2,12H2,1H3,(H2,18,19,21)/t16-/m1/s1. The first-order valence-electron chi connectivity index (χ1n) is 7.06. The lowest BCUT2D eigenvalue weighted by atomic mass is 10.1. The van der Waals surface area contributed by atoms with Crippen molar-refractivity contribution in [3.8, 4) is 0 Å². The highest BCUT2D eigenvalue weighted by atomic mass is 32.1. The molecule has 0 saturated carbocycles. The minimum Gasteiger partial charge on any atom is -0.387 e. The molecule has 2 aromatic carbocycles. The van der Waals surface area contributed by atoms with E-state index in [2.05, 4.69) is 29.7 Å². The summed E-state index contributed by atoms with van der Waals surface area (Å²) >= 11 is 5.23. The number of anilines is 1. The summed E-state index contributed by atoms with van der Waals surface area (Å²) in [4.78, 5) is 0. The molecule has 0 aliphatic carbocycles. The van der Waals surface area contributed by atoms with Crippen molar-refractivity contribution >= 4 is 23.0 Å². The van der Waals surface area contributed by atoms with Crippen molar-refractivity contribution < 1.29 is 5.11 Å². The zero-order valence-electron chi connectivity index (χ0n) is 12.0. The van der Waals surface area contributed by atoms with Crippen LogP contribution in [0.4, 0.5) is 5.69 Å². The van der Waals surface area contributed by atoms with E-state index in [4.69, 9.17) is 12.2 Å². The van der Waals surface area contributed by atoms with Gasteiger partial charge in [-0.15, -0.1) is 0 Å². The van der Waals surface area contributed by atoms with Gasteiger partial charge in [0.1, 0.15) is 0 Å². The van der Waals surface area contributed by atoms with E-state index in [0.29, 0.717) is 11.7 Å². The first kappa shape index (κ1) is 15.5. The number of aryl methyl sites for hydroxylation is 1. The van der Waals surface area contributed by atoms with Gasteiger partial charge in [-0.25, -0.2) is 0 Å². The molecule has 0 amide bonds. The summed E-state index contributed by atoms with van der Waals surface area (Å²) in [5.74, 6) is 0. The molecule has 110 valence electrons.